The van der Waals surface area contributed by atoms with Crippen LogP contribution in [0.25, 0.3) is 0 Å². The number of hydrogen-bond donors (Lipinski definition) is 2. The van der Waals surface area contributed by atoms with Gasteiger partial charge in [-0.3, -0.25) is 4.79 Å². The van der Waals surface area contributed by atoms with Crippen LogP contribution in [0.15, 0.2) is 42.6 Å². The van der Waals surface area contributed by atoms with Crippen LogP contribution in [-0.2, 0) is 16.0 Å². The van der Waals surface area contributed by atoms with Gasteiger partial charge in [-0.25, -0.2) is 9.37 Å². The molecular weight excluding hydrogens is 483 g/mol. The molecule has 5 rings (SSSR count). The molecule has 208 valence electrons. The lowest BCUT2D eigenvalue weighted by Gasteiger charge is -2.34. The average Bonchev–Trinajstić information content (AvgIpc) is 3.74. The van der Waals surface area contributed by atoms with Gasteiger partial charge in [-0.15, -0.1) is 0 Å². The zero-order chi connectivity index (χ0) is 26.8. The molecule has 2 aliphatic heterocycles. The van der Waals surface area contributed by atoms with Crippen molar-refractivity contribution in [3.63, 3.8) is 0 Å². The van der Waals surface area contributed by atoms with Crippen molar-refractivity contribution < 1.29 is 18.7 Å². The van der Waals surface area contributed by atoms with Gasteiger partial charge in [0, 0.05) is 43.9 Å². The second-order valence-corrected chi connectivity index (χ2v) is 10.9. The number of nitrogens with zero attached hydrogens (tertiary/aromatic N) is 2. The lowest BCUT2D eigenvalue weighted by atomic mass is 9.93. The number of aromatic nitrogens is 1. The molecule has 8 heteroatoms. The fraction of sp³-hybridized carbons (Fsp3) is 0.600. The molecule has 2 unspecified atom stereocenters. The van der Waals surface area contributed by atoms with Crippen LogP contribution < -0.4 is 15.4 Å². The number of likely N-dealkylation sites (tertiary alicyclic amines) is 1. The zero-order valence-corrected chi connectivity index (χ0v) is 22.8. The Bertz CT molecular complexity index is 974. The van der Waals surface area contributed by atoms with Crippen molar-refractivity contribution >= 4 is 6.47 Å². The first-order valence-corrected chi connectivity index (χ1v) is 14.1. The summed E-state index contributed by atoms with van der Waals surface area (Å²) in [7, 11) is 2.06. The molecule has 0 bridgehead atoms. The second kappa shape index (κ2) is 14.0. The summed E-state index contributed by atoms with van der Waals surface area (Å²) >= 11 is 0. The van der Waals surface area contributed by atoms with Crippen LogP contribution in [-0.4, -0.2) is 74.4 Å². The molecule has 2 saturated heterocycles. The minimum atomic E-state index is -1.05. The maximum Gasteiger partial charge on any atom is 0.293 e. The highest BCUT2D eigenvalue weighted by molar-refractivity contribution is 5.36. The minimum Gasteiger partial charge on any atom is -0.468 e. The first-order chi connectivity index (χ1) is 18.5. The number of ether oxygens (including phenoxy) is 2. The van der Waals surface area contributed by atoms with Crippen LogP contribution in [0.1, 0.15) is 56.1 Å². The smallest absolute Gasteiger partial charge is 0.293 e. The summed E-state index contributed by atoms with van der Waals surface area (Å²) < 4.78 is 25.3. The van der Waals surface area contributed by atoms with Crippen LogP contribution in [0.4, 0.5) is 4.39 Å². The highest BCUT2D eigenvalue weighted by Gasteiger charge is 2.41. The Balaban J connectivity index is 0.000000283. The van der Waals surface area contributed by atoms with E-state index in [9.17, 15) is 9.18 Å². The standard InChI is InChI=1S/C23H30FN3O.C7H13NO2/c1-3-17-4-7-19(8-5-17)28-22-9-6-18(15-25-22)20-14-21(20)26-16-23(24)10-12-27(2)13-11-23;9-6-10-5-7-1-3-8-4-2-7/h4-9,15,20-21,26H,3,10-14,16H2,1-2H3;6-8H,1-5H2. The van der Waals surface area contributed by atoms with Crippen molar-refractivity contribution in [3.05, 3.63) is 53.7 Å². The highest BCUT2D eigenvalue weighted by Crippen LogP contribution is 2.41. The maximum absolute atomic E-state index is 14.9. The summed E-state index contributed by atoms with van der Waals surface area (Å²) in [5.74, 6) is 2.42. The molecular formula is C30H43FN4O3. The van der Waals surface area contributed by atoms with Crippen LogP contribution in [0, 0.1) is 5.92 Å². The van der Waals surface area contributed by atoms with E-state index in [1.807, 2.05) is 24.4 Å². The Hall–Kier alpha value is -2.55. The van der Waals surface area contributed by atoms with E-state index < -0.39 is 5.67 Å². The first-order valence-electron chi connectivity index (χ1n) is 14.1. The number of rotatable bonds is 10. The zero-order valence-electron chi connectivity index (χ0n) is 22.8. The van der Waals surface area contributed by atoms with E-state index in [1.54, 1.807) is 0 Å². The van der Waals surface area contributed by atoms with E-state index >= 15 is 0 Å². The van der Waals surface area contributed by atoms with Crippen molar-refractivity contribution in [3.8, 4) is 11.6 Å². The number of halogens is 1. The first kappa shape index (κ1) is 28.5. The van der Waals surface area contributed by atoms with E-state index in [4.69, 9.17) is 4.74 Å². The number of nitrogens with one attached hydrogen (secondary N) is 2. The normalized spacial score (nSPS) is 23.1. The van der Waals surface area contributed by atoms with E-state index in [-0.39, 0.29) is 0 Å². The summed E-state index contributed by atoms with van der Waals surface area (Å²) in [6.07, 6.45) is 7.48. The average molecular weight is 527 g/mol. The SMILES string of the molecule is CCc1ccc(Oc2ccc(C3CC3NCC3(F)CCN(C)CC3)cn2)cc1.O=COCC1CCNCC1. The molecule has 0 radical (unpaired) electrons. The third-order valence-corrected chi connectivity index (χ3v) is 7.95. The van der Waals surface area contributed by atoms with E-state index in [0.717, 1.165) is 57.6 Å². The Morgan fingerprint density at radius 1 is 1.16 bits per heavy atom. The largest absolute Gasteiger partial charge is 0.468 e. The fourth-order valence-corrected chi connectivity index (χ4v) is 5.11. The van der Waals surface area contributed by atoms with Gasteiger partial charge in [-0.1, -0.05) is 25.1 Å². The lowest BCUT2D eigenvalue weighted by Crippen LogP contribution is -2.46. The third-order valence-electron chi connectivity index (χ3n) is 7.95. The van der Waals surface area contributed by atoms with Crippen LogP contribution in [0.3, 0.4) is 0 Å². The monoisotopic (exact) mass is 526 g/mol. The second-order valence-electron chi connectivity index (χ2n) is 10.9. The van der Waals surface area contributed by atoms with Crippen LogP contribution in [0.5, 0.6) is 11.6 Å². The topological polar surface area (TPSA) is 75.7 Å². The Morgan fingerprint density at radius 2 is 1.89 bits per heavy atom. The van der Waals surface area contributed by atoms with Crippen molar-refractivity contribution in [2.75, 3.05) is 46.4 Å². The molecule has 38 heavy (non-hydrogen) atoms. The van der Waals surface area contributed by atoms with Gasteiger partial charge < -0.3 is 25.0 Å². The van der Waals surface area contributed by atoms with Crippen LogP contribution >= 0.6 is 0 Å². The quantitative estimate of drug-likeness (QED) is 0.442. The number of piperidine rings is 2. The predicted octanol–water partition coefficient (Wildman–Crippen LogP) is 4.47. The number of carbonyl (C=O) groups is 1. The summed E-state index contributed by atoms with van der Waals surface area (Å²) in [6.45, 7) is 7.55. The molecule has 1 aromatic heterocycles. The predicted molar refractivity (Wildman–Crippen MR) is 147 cm³/mol. The number of aryl methyl sites for hydroxylation is 1. The molecule has 7 nitrogen and oxygen atoms in total. The summed E-state index contributed by atoms with van der Waals surface area (Å²) in [4.78, 5) is 16.5. The number of alkyl halides is 1. The lowest BCUT2D eigenvalue weighted by molar-refractivity contribution is -0.130. The molecule has 1 saturated carbocycles. The maximum atomic E-state index is 14.9. The van der Waals surface area contributed by atoms with Crippen molar-refractivity contribution in [2.24, 2.45) is 5.92 Å². The molecule has 3 heterocycles. The molecule has 1 aliphatic carbocycles. The van der Waals surface area contributed by atoms with Crippen molar-refractivity contribution in [1.82, 2.24) is 20.5 Å². The fourth-order valence-electron chi connectivity index (χ4n) is 5.11. The summed E-state index contributed by atoms with van der Waals surface area (Å²) in [5, 5.41) is 6.69. The summed E-state index contributed by atoms with van der Waals surface area (Å²) in [5.41, 5.74) is 1.43. The van der Waals surface area contributed by atoms with Gasteiger partial charge in [0.15, 0.2) is 0 Å². The molecule has 3 aliphatic rings. The van der Waals surface area contributed by atoms with Gasteiger partial charge in [0.1, 0.15) is 11.4 Å². The molecule has 2 aromatic rings. The molecule has 3 fully saturated rings. The number of carbonyl (C=O) groups excluding carboxylic acids is 1. The summed E-state index contributed by atoms with van der Waals surface area (Å²) in [6, 6.07) is 12.5. The van der Waals surface area contributed by atoms with Gasteiger partial charge in [-0.05, 0) is 87.8 Å². The number of hydrogen-bond acceptors (Lipinski definition) is 7. The van der Waals surface area contributed by atoms with Gasteiger partial charge in [-0.2, -0.15) is 0 Å². The van der Waals surface area contributed by atoms with Crippen molar-refractivity contribution in [1.29, 1.82) is 0 Å². The van der Waals surface area contributed by atoms with Gasteiger partial charge in [0.25, 0.3) is 6.47 Å². The molecule has 1 aromatic carbocycles. The van der Waals surface area contributed by atoms with Gasteiger partial charge in [0.05, 0.1) is 6.61 Å². The Labute approximate surface area is 226 Å². The highest BCUT2D eigenvalue weighted by atomic mass is 19.1. The Morgan fingerprint density at radius 3 is 2.53 bits per heavy atom. The number of benzene rings is 1. The van der Waals surface area contributed by atoms with Gasteiger partial charge in [0.2, 0.25) is 5.88 Å². The molecule has 0 amide bonds. The van der Waals surface area contributed by atoms with E-state index in [2.05, 4.69) is 57.4 Å². The van der Waals surface area contributed by atoms with E-state index in [1.165, 1.54) is 11.1 Å². The van der Waals surface area contributed by atoms with Crippen LogP contribution in [0.2, 0.25) is 0 Å². The Kier molecular flexibility index (Phi) is 10.5. The molecule has 0 spiro atoms. The molecule has 2 N–H and O–H groups in total. The third kappa shape index (κ3) is 8.75. The minimum absolute atomic E-state index is 0.363. The van der Waals surface area contributed by atoms with Gasteiger partial charge >= 0.3 is 0 Å². The van der Waals surface area contributed by atoms with E-state index in [0.29, 0.717) is 56.2 Å². The number of pyridine rings is 1. The molecule has 2 atom stereocenters. The van der Waals surface area contributed by atoms with Crippen molar-refractivity contribution in [2.45, 2.75) is 63.1 Å².